The van der Waals surface area contributed by atoms with Gasteiger partial charge in [-0.15, -0.1) is 24.0 Å². The third kappa shape index (κ3) is 8.72. The minimum atomic E-state index is 0. The van der Waals surface area contributed by atoms with Crippen molar-refractivity contribution in [3.05, 3.63) is 18.5 Å². The number of rotatable bonds is 9. The van der Waals surface area contributed by atoms with Crippen LogP contribution in [0.15, 0.2) is 23.5 Å². The van der Waals surface area contributed by atoms with Gasteiger partial charge in [-0.25, -0.2) is 9.97 Å². The molecule has 0 bridgehead atoms. The quantitative estimate of drug-likeness (QED) is 0.234. The van der Waals surface area contributed by atoms with Gasteiger partial charge < -0.3 is 15.5 Å². The molecule has 2 rings (SSSR count). The number of hydrogen-bond acceptors (Lipinski definition) is 6. The minimum Gasteiger partial charge on any atom is -0.357 e. The van der Waals surface area contributed by atoms with Crippen LogP contribution in [0.25, 0.3) is 0 Å². The summed E-state index contributed by atoms with van der Waals surface area (Å²) in [6.07, 6.45) is 6.82. The van der Waals surface area contributed by atoms with Gasteiger partial charge >= 0.3 is 0 Å². The van der Waals surface area contributed by atoms with Crippen molar-refractivity contribution in [1.29, 1.82) is 0 Å². The van der Waals surface area contributed by atoms with Gasteiger partial charge in [0.1, 0.15) is 0 Å². The lowest BCUT2D eigenvalue weighted by atomic mass is 10.3. The van der Waals surface area contributed by atoms with E-state index in [1.165, 1.54) is 0 Å². The molecule has 0 unspecified atom stereocenters. The van der Waals surface area contributed by atoms with Crippen molar-refractivity contribution < 1.29 is 0 Å². The van der Waals surface area contributed by atoms with E-state index in [1.807, 2.05) is 30.2 Å². The second-order valence-electron chi connectivity index (χ2n) is 5.91. The van der Waals surface area contributed by atoms with E-state index >= 15 is 0 Å². The number of aliphatic imine (C=N–C) groups is 1. The van der Waals surface area contributed by atoms with Crippen LogP contribution in [0.2, 0.25) is 0 Å². The first-order valence-electron chi connectivity index (χ1n) is 9.09. The van der Waals surface area contributed by atoms with Crippen molar-refractivity contribution in [2.24, 2.45) is 4.99 Å². The molecule has 1 fully saturated rings. The molecule has 0 radical (unpaired) electrons. The monoisotopic (exact) mass is 493 g/mol. The predicted molar refractivity (Wildman–Crippen MR) is 123 cm³/mol. The molecule has 7 nitrogen and oxygen atoms in total. The first-order valence-corrected chi connectivity index (χ1v) is 10.5. The SMILES string of the molecule is CCNC(=NCCCN1CCN(c2ncccn2)CC1)NCCSC.I. The van der Waals surface area contributed by atoms with Gasteiger partial charge in [0.25, 0.3) is 0 Å². The number of anilines is 1. The Bertz CT molecular complexity index is 495. The summed E-state index contributed by atoms with van der Waals surface area (Å²) in [5.41, 5.74) is 0. The maximum atomic E-state index is 4.66. The van der Waals surface area contributed by atoms with Crippen LogP contribution < -0.4 is 15.5 Å². The van der Waals surface area contributed by atoms with Crippen molar-refractivity contribution >= 4 is 47.6 Å². The second-order valence-corrected chi connectivity index (χ2v) is 6.90. The molecule has 0 amide bonds. The molecule has 0 aromatic carbocycles. The Kier molecular flexibility index (Phi) is 12.8. The normalized spacial score (nSPS) is 15.5. The summed E-state index contributed by atoms with van der Waals surface area (Å²) in [7, 11) is 0. The van der Waals surface area contributed by atoms with Crippen molar-refractivity contribution in [3.63, 3.8) is 0 Å². The van der Waals surface area contributed by atoms with E-state index in [9.17, 15) is 0 Å². The molecular formula is C17H32IN7S. The molecule has 1 aliphatic rings. The Morgan fingerprint density at radius 2 is 1.92 bits per heavy atom. The summed E-state index contributed by atoms with van der Waals surface area (Å²) in [6, 6.07) is 1.86. The average Bonchev–Trinajstić information content (AvgIpc) is 2.66. The van der Waals surface area contributed by atoms with Gasteiger partial charge in [-0.1, -0.05) is 0 Å². The fraction of sp³-hybridized carbons (Fsp3) is 0.706. The molecule has 148 valence electrons. The highest BCUT2D eigenvalue weighted by Gasteiger charge is 2.17. The van der Waals surface area contributed by atoms with Crippen LogP contribution in [0.3, 0.4) is 0 Å². The third-order valence-corrected chi connectivity index (χ3v) is 4.66. The van der Waals surface area contributed by atoms with Crippen LogP contribution in [0, 0.1) is 0 Å². The molecule has 1 aromatic rings. The van der Waals surface area contributed by atoms with Crippen molar-refractivity contribution in [2.75, 3.05) is 69.3 Å². The molecule has 0 spiro atoms. The molecule has 0 saturated carbocycles. The summed E-state index contributed by atoms with van der Waals surface area (Å²) < 4.78 is 0. The molecule has 1 aliphatic heterocycles. The van der Waals surface area contributed by atoms with E-state index in [-0.39, 0.29) is 24.0 Å². The maximum Gasteiger partial charge on any atom is 0.225 e. The van der Waals surface area contributed by atoms with Gasteiger partial charge in [-0.3, -0.25) is 9.89 Å². The molecule has 1 aromatic heterocycles. The number of guanidine groups is 1. The number of piperazine rings is 1. The molecule has 0 aliphatic carbocycles. The predicted octanol–water partition coefficient (Wildman–Crippen LogP) is 1.52. The Morgan fingerprint density at radius 3 is 2.58 bits per heavy atom. The van der Waals surface area contributed by atoms with Gasteiger partial charge in [0.15, 0.2) is 5.96 Å². The van der Waals surface area contributed by atoms with E-state index < -0.39 is 0 Å². The van der Waals surface area contributed by atoms with Crippen molar-refractivity contribution in [2.45, 2.75) is 13.3 Å². The third-order valence-electron chi connectivity index (χ3n) is 4.05. The van der Waals surface area contributed by atoms with E-state index in [0.29, 0.717) is 0 Å². The summed E-state index contributed by atoms with van der Waals surface area (Å²) in [6.45, 7) is 10.0. The smallest absolute Gasteiger partial charge is 0.225 e. The maximum absolute atomic E-state index is 4.66. The van der Waals surface area contributed by atoms with Crippen LogP contribution in [0.4, 0.5) is 5.95 Å². The summed E-state index contributed by atoms with van der Waals surface area (Å²) in [5.74, 6) is 2.88. The fourth-order valence-electron chi connectivity index (χ4n) is 2.72. The number of halogens is 1. The molecule has 9 heteroatoms. The number of thioether (sulfide) groups is 1. The highest BCUT2D eigenvalue weighted by molar-refractivity contribution is 14.0. The average molecular weight is 493 g/mol. The highest BCUT2D eigenvalue weighted by Crippen LogP contribution is 2.09. The first-order chi connectivity index (χ1) is 12.3. The lowest BCUT2D eigenvalue weighted by Gasteiger charge is -2.34. The molecule has 0 atom stereocenters. The van der Waals surface area contributed by atoms with E-state index in [4.69, 9.17) is 0 Å². The second kappa shape index (κ2) is 14.3. The lowest BCUT2D eigenvalue weighted by molar-refractivity contribution is 0.255. The van der Waals surface area contributed by atoms with Gasteiger partial charge in [0.2, 0.25) is 5.95 Å². The van der Waals surface area contributed by atoms with Gasteiger partial charge in [0, 0.05) is 70.5 Å². The van der Waals surface area contributed by atoms with Gasteiger partial charge in [-0.05, 0) is 25.7 Å². The van der Waals surface area contributed by atoms with Crippen LogP contribution in [0.5, 0.6) is 0 Å². The lowest BCUT2D eigenvalue weighted by Crippen LogP contribution is -2.47. The number of nitrogens with zero attached hydrogens (tertiary/aromatic N) is 5. The summed E-state index contributed by atoms with van der Waals surface area (Å²) in [5, 5.41) is 6.67. The highest BCUT2D eigenvalue weighted by atomic mass is 127. The zero-order chi connectivity index (χ0) is 17.7. The first kappa shape index (κ1) is 23.2. The Balaban J connectivity index is 0.00000338. The number of hydrogen-bond donors (Lipinski definition) is 2. The Labute approximate surface area is 178 Å². The molecule has 26 heavy (non-hydrogen) atoms. The topological polar surface area (TPSA) is 68.7 Å². The zero-order valence-electron chi connectivity index (χ0n) is 15.9. The van der Waals surface area contributed by atoms with Crippen molar-refractivity contribution in [3.8, 4) is 0 Å². The van der Waals surface area contributed by atoms with Crippen LogP contribution >= 0.6 is 35.7 Å². The van der Waals surface area contributed by atoms with E-state index in [2.05, 4.69) is 48.6 Å². The minimum absolute atomic E-state index is 0. The standard InChI is InChI=1S/C17H31N7S.HI/c1-3-18-16(20-9-15-25-2)19-8-5-10-23-11-13-24(14-12-23)17-21-6-4-7-22-17;/h4,6-7H,3,5,8-15H2,1-2H3,(H2,18,19,20);1H. The fourth-order valence-corrected chi connectivity index (χ4v) is 3.03. The van der Waals surface area contributed by atoms with Gasteiger partial charge in [0.05, 0.1) is 0 Å². The van der Waals surface area contributed by atoms with E-state index in [0.717, 1.165) is 76.4 Å². The molecule has 1 saturated heterocycles. The molecule has 2 N–H and O–H groups in total. The number of aromatic nitrogens is 2. The summed E-state index contributed by atoms with van der Waals surface area (Å²) in [4.78, 5) is 18.1. The van der Waals surface area contributed by atoms with Crippen LogP contribution in [-0.4, -0.2) is 85.2 Å². The zero-order valence-corrected chi connectivity index (χ0v) is 19.0. The molecule has 2 heterocycles. The van der Waals surface area contributed by atoms with E-state index in [1.54, 1.807) is 0 Å². The van der Waals surface area contributed by atoms with Crippen LogP contribution in [-0.2, 0) is 0 Å². The van der Waals surface area contributed by atoms with Gasteiger partial charge in [-0.2, -0.15) is 11.8 Å². The number of nitrogens with one attached hydrogen (secondary N) is 2. The Hall–Kier alpha value is -0.810. The largest absolute Gasteiger partial charge is 0.357 e. The Morgan fingerprint density at radius 1 is 1.19 bits per heavy atom. The molecular weight excluding hydrogens is 461 g/mol. The van der Waals surface area contributed by atoms with Crippen molar-refractivity contribution in [1.82, 2.24) is 25.5 Å². The van der Waals surface area contributed by atoms with Crippen LogP contribution in [0.1, 0.15) is 13.3 Å². The summed E-state index contributed by atoms with van der Waals surface area (Å²) >= 11 is 1.84.